The Morgan fingerprint density at radius 1 is 1.11 bits per heavy atom. The summed E-state index contributed by atoms with van der Waals surface area (Å²) in [5, 5.41) is 6.85. The SMILES string of the molecule is CCNC(=NCC1(C)CCCO1)NCC1(c2ccc(F)cc2)CCOCC1.I. The summed E-state index contributed by atoms with van der Waals surface area (Å²) < 4.78 is 24.8. The van der Waals surface area contributed by atoms with E-state index in [1.54, 1.807) is 12.1 Å². The lowest BCUT2D eigenvalue weighted by molar-refractivity contribution is 0.0283. The Hall–Kier alpha value is -0.930. The largest absolute Gasteiger partial charge is 0.381 e. The third kappa shape index (κ3) is 6.03. The molecule has 0 aliphatic carbocycles. The predicted molar refractivity (Wildman–Crippen MR) is 121 cm³/mol. The summed E-state index contributed by atoms with van der Waals surface area (Å²) in [6, 6.07) is 6.90. The van der Waals surface area contributed by atoms with E-state index in [0.717, 1.165) is 70.1 Å². The first-order valence-corrected chi connectivity index (χ1v) is 10.1. The number of ether oxygens (including phenoxy) is 2. The molecule has 28 heavy (non-hydrogen) atoms. The maximum atomic E-state index is 13.4. The van der Waals surface area contributed by atoms with Crippen molar-refractivity contribution in [2.75, 3.05) is 39.5 Å². The van der Waals surface area contributed by atoms with Gasteiger partial charge in [-0.2, -0.15) is 0 Å². The molecule has 0 radical (unpaired) electrons. The maximum Gasteiger partial charge on any atom is 0.191 e. The summed E-state index contributed by atoms with van der Waals surface area (Å²) in [6.07, 6.45) is 3.97. The number of guanidine groups is 1. The minimum Gasteiger partial charge on any atom is -0.381 e. The van der Waals surface area contributed by atoms with Crippen molar-refractivity contribution in [3.05, 3.63) is 35.6 Å². The van der Waals surface area contributed by atoms with E-state index < -0.39 is 0 Å². The molecule has 0 amide bonds. The number of hydrogen-bond donors (Lipinski definition) is 2. The van der Waals surface area contributed by atoms with Crippen molar-refractivity contribution in [1.82, 2.24) is 10.6 Å². The second-order valence-electron chi connectivity index (χ2n) is 7.85. The molecular formula is C21H33FIN3O2. The van der Waals surface area contributed by atoms with Crippen LogP contribution in [0.3, 0.4) is 0 Å². The van der Waals surface area contributed by atoms with Gasteiger partial charge in [-0.15, -0.1) is 24.0 Å². The van der Waals surface area contributed by atoms with Gasteiger partial charge >= 0.3 is 0 Å². The zero-order valence-electron chi connectivity index (χ0n) is 16.9. The number of nitrogens with zero attached hydrogens (tertiary/aromatic N) is 1. The van der Waals surface area contributed by atoms with Crippen LogP contribution in [0.4, 0.5) is 4.39 Å². The number of halogens is 2. The maximum absolute atomic E-state index is 13.4. The first-order chi connectivity index (χ1) is 13.1. The molecule has 1 unspecified atom stereocenters. The van der Waals surface area contributed by atoms with E-state index >= 15 is 0 Å². The highest BCUT2D eigenvalue weighted by Gasteiger charge is 2.35. The van der Waals surface area contributed by atoms with Crippen LogP contribution in [0.2, 0.25) is 0 Å². The zero-order chi connectivity index (χ0) is 19.2. The lowest BCUT2D eigenvalue weighted by Gasteiger charge is -2.38. The quantitative estimate of drug-likeness (QED) is 0.353. The molecule has 0 spiro atoms. The van der Waals surface area contributed by atoms with Crippen LogP contribution in [0, 0.1) is 5.82 Å². The monoisotopic (exact) mass is 505 g/mol. The lowest BCUT2D eigenvalue weighted by atomic mass is 9.74. The van der Waals surface area contributed by atoms with Gasteiger partial charge in [-0.1, -0.05) is 12.1 Å². The summed E-state index contributed by atoms with van der Waals surface area (Å²) in [4.78, 5) is 4.77. The Labute approximate surface area is 184 Å². The van der Waals surface area contributed by atoms with Crippen molar-refractivity contribution < 1.29 is 13.9 Å². The van der Waals surface area contributed by atoms with Gasteiger partial charge in [0.15, 0.2) is 5.96 Å². The molecule has 5 nitrogen and oxygen atoms in total. The number of aliphatic imine (C=N–C) groups is 1. The first kappa shape index (κ1) is 23.3. The van der Waals surface area contributed by atoms with E-state index in [1.165, 1.54) is 0 Å². The van der Waals surface area contributed by atoms with Crippen LogP contribution in [0.1, 0.15) is 45.1 Å². The molecule has 2 aliphatic heterocycles. The number of nitrogens with one attached hydrogen (secondary N) is 2. The van der Waals surface area contributed by atoms with Gasteiger partial charge in [0.25, 0.3) is 0 Å². The molecule has 1 aromatic carbocycles. The van der Waals surface area contributed by atoms with Gasteiger partial charge in [0, 0.05) is 38.3 Å². The zero-order valence-corrected chi connectivity index (χ0v) is 19.3. The Morgan fingerprint density at radius 3 is 2.43 bits per heavy atom. The minimum atomic E-state index is -0.200. The first-order valence-electron chi connectivity index (χ1n) is 10.1. The number of benzene rings is 1. The van der Waals surface area contributed by atoms with Gasteiger partial charge in [0.2, 0.25) is 0 Å². The highest BCUT2D eigenvalue weighted by molar-refractivity contribution is 14.0. The lowest BCUT2D eigenvalue weighted by Crippen LogP contribution is -2.48. The summed E-state index contributed by atoms with van der Waals surface area (Å²) in [5.74, 6) is 0.607. The standard InChI is InChI=1S/C21H32FN3O2.HI/c1-3-23-19(24-15-20(2)9-4-12-27-20)25-16-21(10-13-26-14-11-21)17-5-7-18(22)8-6-17;/h5-8H,3-4,9-16H2,1-2H3,(H2,23,24,25);1H. The van der Waals surface area contributed by atoms with E-state index in [2.05, 4.69) is 24.5 Å². The third-order valence-electron chi connectivity index (χ3n) is 5.72. The average molecular weight is 505 g/mol. The van der Waals surface area contributed by atoms with Crippen LogP contribution >= 0.6 is 24.0 Å². The number of rotatable bonds is 6. The normalized spacial score (nSPS) is 24.5. The minimum absolute atomic E-state index is 0. The van der Waals surface area contributed by atoms with Crippen molar-refractivity contribution in [2.45, 2.75) is 50.5 Å². The fraction of sp³-hybridized carbons (Fsp3) is 0.667. The van der Waals surface area contributed by atoms with Crippen molar-refractivity contribution in [3.8, 4) is 0 Å². The molecule has 2 N–H and O–H groups in total. The van der Waals surface area contributed by atoms with Crippen LogP contribution in [0.15, 0.2) is 29.3 Å². The molecule has 0 saturated carbocycles. The molecule has 3 rings (SSSR count). The van der Waals surface area contributed by atoms with Crippen molar-refractivity contribution >= 4 is 29.9 Å². The van der Waals surface area contributed by atoms with Crippen LogP contribution in [0.25, 0.3) is 0 Å². The summed E-state index contributed by atoms with van der Waals surface area (Å²) in [6.45, 7) is 8.65. The molecule has 0 aromatic heterocycles. The molecule has 2 saturated heterocycles. The molecule has 1 atom stereocenters. The predicted octanol–water partition coefficient (Wildman–Crippen LogP) is 3.62. The molecule has 0 bridgehead atoms. The molecule has 2 fully saturated rings. The van der Waals surface area contributed by atoms with Gasteiger partial charge in [-0.05, 0) is 57.2 Å². The van der Waals surface area contributed by atoms with Gasteiger partial charge in [0.1, 0.15) is 5.82 Å². The van der Waals surface area contributed by atoms with E-state index in [0.29, 0.717) is 6.54 Å². The van der Waals surface area contributed by atoms with Gasteiger partial charge in [-0.3, -0.25) is 4.99 Å². The molecule has 2 heterocycles. The highest BCUT2D eigenvalue weighted by atomic mass is 127. The molecule has 1 aromatic rings. The molecule has 2 aliphatic rings. The molecular weight excluding hydrogens is 472 g/mol. The smallest absolute Gasteiger partial charge is 0.191 e. The summed E-state index contributed by atoms with van der Waals surface area (Å²) in [7, 11) is 0. The van der Waals surface area contributed by atoms with E-state index in [4.69, 9.17) is 14.5 Å². The topological polar surface area (TPSA) is 54.9 Å². The van der Waals surface area contributed by atoms with E-state index in [9.17, 15) is 4.39 Å². The Balaban J connectivity index is 0.00000280. The van der Waals surface area contributed by atoms with Gasteiger partial charge in [0.05, 0.1) is 12.1 Å². The molecule has 158 valence electrons. The second-order valence-corrected chi connectivity index (χ2v) is 7.85. The van der Waals surface area contributed by atoms with Gasteiger partial charge < -0.3 is 20.1 Å². The second kappa shape index (κ2) is 10.7. The number of hydrogen-bond acceptors (Lipinski definition) is 3. The fourth-order valence-electron chi connectivity index (χ4n) is 3.94. The van der Waals surface area contributed by atoms with Crippen molar-refractivity contribution in [1.29, 1.82) is 0 Å². The van der Waals surface area contributed by atoms with Crippen LogP contribution in [0.5, 0.6) is 0 Å². The third-order valence-corrected chi connectivity index (χ3v) is 5.72. The van der Waals surface area contributed by atoms with Crippen molar-refractivity contribution in [3.63, 3.8) is 0 Å². The fourth-order valence-corrected chi connectivity index (χ4v) is 3.94. The van der Waals surface area contributed by atoms with Crippen LogP contribution < -0.4 is 10.6 Å². The summed E-state index contributed by atoms with van der Waals surface area (Å²) >= 11 is 0. The Bertz CT molecular complexity index is 627. The Kier molecular flexibility index (Phi) is 8.95. The van der Waals surface area contributed by atoms with Gasteiger partial charge in [-0.25, -0.2) is 4.39 Å². The average Bonchev–Trinajstić information content (AvgIpc) is 3.12. The van der Waals surface area contributed by atoms with Crippen molar-refractivity contribution in [2.24, 2.45) is 4.99 Å². The summed E-state index contributed by atoms with van der Waals surface area (Å²) in [5.41, 5.74) is 0.924. The Morgan fingerprint density at radius 2 is 1.82 bits per heavy atom. The van der Waals surface area contributed by atoms with Crippen LogP contribution in [-0.4, -0.2) is 51.0 Å². The van der Waals surface area contributed by atoms with E-state index in [1.807, 2.05) is 12.1 Å². The highest BCUT2D eigenvalue weighted by Crippen LogP contribution is 2.34. The molecule has 7 heteroatoms. The van der Waals surface area contributed by atoms with E-state index in [-0.39, 0.29) is 40.8 Å². The van der Waals surface area contributed by atoms with Crippen LogP contribution in [-0.2, 0) is 14.9 Å².